The third-order valence-electron chi connectivity index (χ3n) is 6.20. The third-order valence-corrected chi connectivity index (χ3v) is 7.25. The first-order chi connectivity index (χ1) is 16.1. The molecule has 2 saturated heterocycles. The third kappa shape index (κ3) is 4.64. The van der Waals surface area contributed by atoms with E-state index >= 15 is 0 Å². The van der Waals surface area contributed by atoms with Gasteiger partial charge in [-0.15, -0.1) is 0 Å². The Morgan fingerprint density at radius 2 is 1.97 bits per heavy atom. The topological polar surface area (TPSA) is 89.8 Å². The van der Waals surface area contributed by atoms with Crippen molar-refractivity contribution in [2.24, 2.45) is 7.05 Å². The van der Waals surface area contributed by atoms with Crippen LogP contribution in [-0.4, -0.2) is 63.3 Å². The van der Waals surface area contributed by atoms with Crippen LogP contribution in [0.1, 0.15) is 35.3 Å². The minimum absolute atomic E-state index is 0.151. The highest BCUT2D eigenvalue weighted by Crippen LogP contribution is 2.36. The summed E-state index contributed by atoms with van der Waals surface area (Å²) in [6, 6.07) is 9.43. The van der Waals surface area contributed by atoms with Crippen molar-refractivity contribution in [3.63, 3.8) is 0 Å². The molecule has 0 bridgehead atoms. The maximum atomic E-state index is 13.0. The molecule has 174 valence electrons. The van der Waals surface area contributed by atoms with Crippen LogP contribution in [-0.2, 0) is 29.7 Å². The van der Waals surface area contributed by atoms with Gasteiger partial charge in [0.2, 0.25) is 0 Å². The van der Waals surface area contributed by atoms with Crippen LogP contribution in [0.15, 0.2) is 35.1 Å². The zero-order valence-corrected chi connectivity index (χ0v) is 19.4. The summed E-state index contributed by atoms with van der Waals surface area (Å²) in [5.41, 5.74) is 1.16. The number of rotatable bonds is 5. The quantitative estimate of drug-likeness (QED) is 0.568. The van der Waals surface area contributed by atoms with E-state index in [0.717, 1.165) is 42.3 Å². The molecule has 0 spiro atoms. The van der Waals surface area contributed by atoms with Crippen LogP contribution in [0.4, 0.5) is 4.79 Å². The first kappa shape index (κ1) is 22.0. The number of benzene rings is 1. The van der Waals surface area contributed by atoms with Gasteiger partial charge in [-0.05, 0) is 18.4 Å². The van der Waals surface area contributed by atoms with Crippen molar-refractivity contribution >= 4 is 27.8 Å². The summed E-state index contributed by atoms with van der Waals surface area (Å²) in [5, 5.41) is 0.743. The highest BCUT2D eigenvalue weighted by Gasteiger charge is 2.34. The minimum Gasteiger partial charge on any atom is -0.445 e. The van der Waals surface area contributed by atoms with Gasteiger partial charge in [0, 0.05) is 26.7 Å². The smallest absolute Gasteiger partial charge is 0.410 e. The summed E-state index contributed by atoms with van der Waals surface area (Å²) in [4.78, 5) is 39.8. The maximum absolute atomic E-state index is 13.0. The molecule has 3 aromatic rings. The average molecular weight is 470 g/mol. The first-order valence-electron chi connectivity index (χ1n) is 11.2. The van der Waals surface area contributed by atoms with Crippen molar-refractivity contribution in [3.05, 3.63) is 57.1 Å². The Bertz CT molecular complexity index is 1190. The van der Waals surface area contributed by atoms with Crippen molar-refractivity contribution < 1.29 is 14.3 Å². The SMILES string of the molecule is Cn1c(CN2CCOCC2)nc2sc(C3CCCN3C(=O)OCc3ccccc3)nc2c1=O. The van der Waals surface area contributed by atoms with E-state index in [4.69, 9.17) is 14.5 Å². The predicted molar refractivity (Wildman–Crippen MR) is 124 cm³/mol. The molecular formula is C23H27N5O4S. The molecule has 9 nitrogen and oxygen atoms in total. The van der Waals surface area contributed by atoms with Gasteiger partial charge in [-0.25, -0.2) is 14.8 Å². The summed E-state index contributed by atoms with van der Waals surface area (Å²) < 4.78 is 12.5. The molecule has 1 aromatic carbocycles. The van der Waals surface area contributed by atoms with Gasteiger partial charge >= 0.3 is 6.09 Å². The molecule has 1 unspecified atom stereocenters. The van der Waals surface area contributed by atoms with Gasteiger partial charge in [0.15, 0.2) is 10.3 Å². The number of fused-ring (bicyclic) bond motifs is 1. The van der Waals surface area contributed by atoms with E-state index in [0.29, 0.717) is 36.7 Å². The fourth-order valence-corrected chi connectivity index (χ4v) is 5.40. The number of nitrogens with zero attached hydrogens (tertiary/aromatic N) is 5. The highest BCUT2D eigenvalue weighted by molar-refractivity contribution is 7.18. The Hall–Kier alpha value is -2.82. The van der Waals surface area contributed by atoms with Crippen LogP contribution in [0, 0.1) is 0 Å². The standard InChI is InChI=1S/C23H27N5O4S/c1-26-18(14-27-10-12-31-13-11-27)24-21-19(22(26)29)25-20(33-21)17-8-5-9-28(17)23(30)32-15-16-6-3-2-4-7-16/h2-4,6-7,17H,5,8-15H2,1H3. The molecule has 2 aliphatic heterocycles. The zero-order valence-electron chi connectivity index (χ0n) is 18.6. The van der Waals surface area contributed by atoms with Crippen LogP contribution in [0.3, 0.4) is 0 Å². The number of thiazole rings is 1. The van der Waals surface area contributed by atoms with Gasteiger partial charge in [0.1, 0.15) is 17.4 Å². The van der Waals surface area contributed by atoms with Crippen molar-refractivity contribution in [3.8, 4) is 0 Å². The average Bonchev–Trinajstić information content (AvgIpc) is 3.49. The maximum Gasteiger partial charge on any atom is 0.410 e. The number of ether oxygens (including phenoxy) is 2. The number of carbonyl (C=O) groups excluding carboxylic acids is 1. The van der Waals surface area contributed by atoms with Crippen molar-refractivity contribution in [2.45, 2.75) is 32.0 Å². The van der Waals surface area contributed by atoms with Crippen LogP contribution in [0.25, 0.3) is 10.3 Å². The van der Waals surface area contributed by atoms with Gasteiger partial charge in [0.25, 0.3) is 5.56 Å². The number of carbonyl (C=O) groups is 1. The molecule has 2 fully saturated rings. The van der Waals surface area contributed by atoms with Crippen molar-refractivity contribution in [1.29, 1.82) is 0 Å². The van der Waals surface area contributed by atoms with Crippen LogP contribution < -0.4 is 5.56 Å². The van der Waals surface area contributed by atoms with Gasteiger partial charge < -0.3 is 9.47 Å². The van der Waals surface area contributed by atoms with Gasteiger partial charge in [-0.1, -0.05) is 41.7 Å². The first-order valence-corrected chi connectivity index (χ1v) is 12.1. The fraction of sp³-hybridized carbons (Fsp3) is 0.478. The number of morpholine rings is 1. The summed E-state index contributed by atoms with van der Waals surface area (Å²) in [5.74, 6) is 0.718. The molecule has 4 heterocycles. The summed E-state index contributed by atoms with van der Waals surface area (Å²) in [6.07, 6.45) is 1.31. The lowest BCUT2D eigenvalue weighted by atomic mass is 10.2. The lowest BCUT2D eigenvalue weighted by molar-refractivity contribution is 0.0326. The van der Waals surface area contributed by atoms with Gasteiger partial charge in [0.05, 0.1) is 25.8 Å². The van der Waals surface area contributed by atoms with Crippen molar-refractivity contribution in [2.75, 3.05) is 32.8 Å². The molecule has 0 radical (unpaired) electrons. The number of hydrogen-bond donors (Lipinski definition) is 0. The second-order valence-corrected chi connectivity index (χ2v) is 9.39. The van der Waals surface area contributed by atoms with Crippen molar-refractivity contribution in [1.82, 2.24) is 24.3 Å². The molecule has 0 saturated carbocycles. The second-order valence-electron chi connectivity index (χ2n) is 8.38. The normalized spacial score (nSPS) is 19.3. The summed E-state index contributed by atoms with van der Waals surface area (Å²) in [6.45, 7) is 4.48. The van der Waals surface area contributed by atoms with Gasteiger partial charge in [-0.2, -0.15) is 0 Å². The number of aromatic nitrogens is 3. The Balaban J connectivity index is 1.35. The van der Waals surface area contributed by atoms with E-state index in [1.165, 1.54) is 11.3 Å². The lowest BCUT2D eigenvalue weighted by Crippen LogP contribution is -2.37. The van der Waals surface area contributed by atoms with Crippen LogP contribution in [0.2, 0.25) is 0 Å². The summed E-state index contributed by atoms with van der Waals surface area (Å²) >= 11 is 1.40. The number of amides is 1. The molecule has 0 N–H and O–H groups in total. The van der Waals surface area contributed by atoms with E-state index < -0.39 is 0 Å². The van der Waals surface area contributed by atoms with Gasteiger partial charge in [-0.3, -0.25) is 19.2 Å². The Morgan fingerprint density at radius 1 is 1.18 bits per heavy atom. The fourth-order valence-electron chi connectivity index (χ4n) is 4.30. The summed E-state index contributed by atoms with van der Waals surface area (Å²) in [7, 11) is 1.74. The van der Waals surface area contributed by atoms with E-state index in [1.807, 2.05) is 30.3 Å². The Kier molecular flexibility index (Phi) is 6.39. The number of likely N-dealkylation sites (tertiary alicyclic amines) is 1. The molecule has 5 rings (SSSR count). The van der Waals surface area contributed by atoms with Crippen LogP contribution >= 0.6 is 11.3 Å². The zero-order chi connectivity index (χ0) is 22.8. The molecule has 1 atom stereocenters. The second kappa shape index (κ2) is 9.58. The predicted octanol–water partition coefficient (Wildman–Crippen LogP) is 2.70. The Labute approximate surface area is 195 Å². The molecular weight excluding hydrogens is 442 g/mol. The molecule has 2 aromatic heterocycles. The molecule has 33 heavy (non-hydrogen) atoms. The van der Waals surface area contributed by atoms with Crippen LogP contribution in [0.5, 0.6) is 0 Å². The van der Waals surface area contributed by atoms with E-state index in [-0.39, 0.29) is 24.3 Å². The monoisotopic (exact) mass is 469 g/mol. The van der Waals surface area contributed by atoms with E-state index in [2.05, 4.69) is 9.88 Å². The largest absolute Gasteiger partial charge is 0.445 e. The number of hydrogen-bond acceptors (Lipinski definition) is 8. The minimum atomic E-state index is -0.352. The molecule has 2 aliphatic rings. The molecule has 10 heteroatoms. The molecule has 0 aliphatic carbocycles. The Morgan fingerprint density at radius 3 is 2.76 bits per heavy atom. The highest BCUT2D eigenvalue weighted by atomic mass is 32.1. The van der Waals surface area contributed by atoms with E-state index in [1.54, 1.807) is 16.5 Å². The molecule has 1 amide bonds. The van der Waals surface area contributed by atoms with E-state index in [9.17, 15) is 9.59 Å². The lowest BCUT2D eigenvalue weighted by Gasteiger charge is -2.26.